The topological polar surface area (TPSA) is 198 Å². The van der Waals surface area contributed by atoms with E-state index >= 15 is 0 Å². The van der Waals surface area contributed by atoms with E-state index in [1.54, 1.807) is 20.9 Å². The van der Waals surface area contributed by atoms with Crippen molar-refractivity contribution in [2.75, 3.05) is 27.2 Å². The minimum absolute atomic E-state index is 0.0590. The van der Waals surface area contributed by atoms with Gasteiger partial charge < -0.3 is 34.2 Å². The summed E-state index contributed by atoms with van der Waals surface area (Å²) >= 11 is 0. The van der Waals surface area contributed by atoms with Crippen LogP contribution in [0.4, 0.5) is 4.79 Å². The van der Waals surface area contributed by atoms with E-state index in [2.05, 4.69) is 14.6 Å². The van der Waals surface area contributed by atoms with Gasteiger partial charge in [-0.1, -0.05) is 32.9 Å². The van der Waals surface area contributed by atoms with Crippen LogP contribution in [-0.4, -0.2) is 107 Å². The van der Waals surface area contributed by atoms with E-state index in [-0.39, 0.29) is 23.7 Å². The molecule has 2 amide bonds. The van der Waals surface area contributed by atoms with Crippen molar-refractivity contribution < 1.29 is 57.1 Å². The third kappa shape index (κ3) is 15.5. The molecule has 0 aromatic rings. The molecule has 0 saturated carbocycles. The van der Waals surface area contributed by atoms with Crippen LogP contribution in [-0.2, 0) is 42.5 Å². The number of likely N-dealkylation sites (N-methyl/N-ethyl adjacent to an activating group) is 2. The number of amides is 2. The number of carbonyl (C=O) groups excluding carboxylic acids is 5. The van der Waals surface area contributed by atoms with Gasteiger partial charge in [0, 0.05) is 32.9 Å². The molecule has 16 heteroatoms. The molecule has 43 heavy (non-hydrogen) atoms. The highest BCUT2D eigenvalue weighted by molar-refractivity contribution is 7.46. The minimum atomic E-state index is -5.06. The second-order valence-corrected chi connectivity index (χ2v) is 12.0. The molecule has 0 aliphatic heterocycles. The summed E-state index contributed by atoms with van der Waals surface area (Å²) in [6.07, 6.45) is 0.776. The number of esters is 2. The van der Waals surface area contributed by atoms with Crippen molar-refractivity contribution in [2.24, 2.45) is 11.8 Å². The van der Waals surface area contributed by atoms with Crippen LogP contribution in [0, 0.1) is 11.8 Å². The first-order valence-electron chi connectivity index (χ1n) is 13.9. The van der Waals surface area contributed by atoms with Gasteiger partial charge in [0.15, 0.2) is 5.78 Å². The van der Waals surface area contributed by atoms with E-state index in [1.807, 2.05) is 44.7 Å². The average molecular weight is 638 g/mol. The van der Waals surface area contributed by atoms with Gasteiger partial charge in [-0.05, 0) is 40.2 Å². The van der Waals surface area contributed by atoms with Gasteiger partial charge in [-0.3, -0.25) is 28.6 Å². The molecular weight excluding hydrogens is 589 g/mol. The smallest absolute Gasteiger partial charge is 0.459 e. The number of nitrogens with one attached hydrogen (secondary N) is 1. The number of rotatable bonds is 18. The summed E-state index contributed by atoms with van der Waals surface area (Å²) in [5.41, 5.74) is 0. The number of phosphoric acid groups is 1. The number of allylic oxidation sites excluding steroid dienone is 2. The van der Waals surface area contributed by atoms with Crippen LogP contribution in [0.1, 0.15) is 61.8 Å². The molecular formula is C27H48N3O12P. The van der Waals surface area contributed by atoms with Crippen molar-refractivity contribution in [1.82, 2.24) is 15.1 Å². The van der Waals surface area contributed by atoms with Gasteiger partial charge in [0.25, 0.3) is 0 Å². The lowest BCUT2D eigenvalue weighted by atomic mass is 9.87. The van der Waals surface area contributed by atoms with Crippen molar-refractivity contribution in [2.45, 2.75) is 92.3 Å². The van der Waals surface area contributed by atoms with Gasteiger partial charge in [-0.2, -0.15) is 0 Å². The summed E-state index contributed by atoms with van der Waals surface area (Å²) in [5, 5.41) is 2.08. The number of phosphoric ester groups is 1. The summed E-state index contributed by atoms with van der Waals surface area (Å²) in [6.45, 7) is 11.7. The third-order valence-corrected chi connectivity index (χ3v) is 6.83. The van der Waals surface area contributed by atoms with Gasteiger partial charge >= 0.3 is 25.9 Å². The van der Waals surface area contributed by atoms with E-state index in [0.29, 0.717) is 6.42 Å². The monoisotopic (exact) mass is 637 g/mol. The molecule has 5 atom stereocenters. The van der Waals surface area contributed by atoms with Crippen LogP contribution in [0.3, 0.4) is 0 Å². The fraction of sp³-hybridized carbons (Fsp3) is 0.741. The lowest BCUT2D eigenvalue weighted by Gasteiger charge is -2.39. The number of ketones is 1. The molecule has 0 bridgehead atoms. The summed E-state index contributed by atoms with van der Waals surface area (Å²) < 4.78 is 31.0. The summed E-state index contributed by atoms with van der Waals surface area (Å²) in [5.74, 6) is -3.33. The molecule has 248 valence electrons. The fourth-order valence-electron chi connectivity index (χ4n) is 3.89. The zero-order valence-corrected chi connectivity index (χ0v) is 27.5. The number of hydrogen-bond acceptors (Lipinski definition) is 11. The standard InChI is InChI=1S/C27H48N3O12P/c1-11-12-13-18(6)25(23(24(33)16(2)3)30(10)17(4)5)42-22(32)14-29(9)26(34)21(15-39-43(36,37)38)28-27(35)41-20(8)40-19(7)31/h11-12,16-18,20-21,23,25H,13-15H2,1-10H3,(H,28,35)(H2,36,37,38)/b12-11+/t18-,20?,21?,23-,25-/m1/s1. The molecule has 0 fully saturated rings. The van der Waals surface area contributed by atoms with Crippen molar-refractivity contribution in [3.63, 3.8) is 0 Å². The largest absolute Gasteiger partial charge is 0.469 e. The highest BCUT2D eigenvalue weighted by Crippen LogP contribution is 2.35. The number of Topliss-reactive ketones (excluding diaryl/α,β-unsaturated/α-hetero) is 1. The Morgan fingerprint density at radius 3 is 2.00 bits per heavy atom. The molecule has 0 radical (unpaired) electrons. The third-order valence-electron chi connectivity index (χ3n) is 6.34. The summed E-state index contributed by atoms with van der Waals surface area (Å²) in [7, 11) is -2.08. The molecule has 0 aliphatic rings. The first-order valence-corrected chi connectivity index (χ1v) is 15.4. The van der Waals surface area contributed by atoms with E-state index < -0.39 is 69.4 Å². The van der Waals surface area contributed by atoms with Crippen LogP contribution in [0.15, 0.2) is 12.2 Å². The Morgan fingerprint density at radius 1 is 0.953 bits per heavy atom. The number of ether oxygens (including phenoxy) is 3. The van der Waals surface area contributed by atoms with Gasteiger partial charge in [-0.15, -0.1) is 0 Å². The summed E-state index contributed by atoms with van der Waals surface area (Å²) in [6, 6.07) is -2.55. The lowest BCUT2D eigenvalue weighted by molar-refractivity contribution is -0.162. The number of alkyl carbamates (subject to hydrolysis) is 1. The number of carbonyl (C=O) groups is 5. The molecule has 0 heterocycles. The number of nitrogens with zero attached hydrogens (tertiary/aromatic N) is 2. The Bertz CT molecular complexity index is 1030. The normalized spacial score (nSPS) is 15.5. The van der Waals surface area contributed by atoms with E-state index in [9.17, 15) is 28.5 Å². The van der Waals surface area contributed by atoms with E-state index in [0.717, 1.165) is 11.8 Å². The summed E-state index contributed by atoms with van der Waals surface area (Å²) in [4.78, 5) is 83.8. The Labute approximate surface area is 253 Å². The maximum atomic E-state index is 13.3. The van der Waals surface area contributed by atoms with Crippen LogP contribution in [0.2, 0.25) is 0 Å². The molecule has 3 N–H and O–H groups in total. The predicted molar refractivity (Wildman–Crippen MR) is 155 cm³/mol. The van der Waals surface area contributed by atoms with Crippen molar-refractivity contribution in [3.8, 4) is 0 Å². The zero-order valence-electron chi connectivity index (χ0n) is 26.6. The Hall–Kier alpha value is -2.84. The van der Waals surface area contributed by atoms with Gasteiger partial charge in [0.2, 0.25) is 12.2 Å². The second-order valence-electron chi connectivity index (χ2n) is 10.8. The van der Waals surface area contributed by atoms with Gasteiger partial charge in [-0.25, -0.2) is 9.36 Å². The molecule has 0 aromatic carbocycles. The first kappa shape index (κ1) is 40.2. The zero-order chi connectivity index (χ0) is 33.7. The minimum Gasteiger partial charge on any atom is -0.459 e. The second kappa shape index (κ2) is 18.7. The van der Waals surface area contributed by atoms with Crippen LogP contribution >= 0.6 is 7.82 Å². The molecule has 2 unspecified atom stereocenters. The maximum Gasteiger partial charge on any atom is 0.469 e. The molecule has 15 nitrogen and oxygen atoms in total. The fourth-order valence-corrected chi connectivity index (χ4v) is 4.23. The van der Waals surface area contributed by atoms with Gasteiger partial charge in [0.05, 0.1) is 6.61 Å². The van der Waals surface area contributed by atoms with Crippen molar-refractivity contribution in [1.29, 1.82) is 0 Å². The van der Waals surface area contributed by atoms with E-state index in [1.165, 1.54) is 14.0 Å². The highest BCUT2D eigenvalue weighted by Gasteiger charge is 2.40. The van der Waals surface area contributed by atoms with Crippen LogP contribution in [0.5, 0.6) is 0 Å². The quantitative estimate of drug-likeness (QED) is 0.0854. The van der Waals surface area contributed by atoms with Crippen molar-refractivity contribution >= 4 is 37.5 Å². The van der Waals surface area contributed by atoms with E-state index in [4.69, 9.17) is 19.3 Å². The predicted octanol–water partition coefficient (Wildman–Crippen LogP) is 2.01. The Morgan fingerprint density at radius 2 is 1.53 bits per heavy atom. The first-order chi connectivity index (χ1) is 19.7. The van der Waals surface area contributed by atoms with Crippen LogP contribution < -0.4 is 5.32 Å². The Balaban J connectivity index is 5.99. The molecule has 0 rings (SSSR count). The molecule has 0 aliphatic carbocycles. The average Bonchev–Trinajstić information content (AvgIpc) is 2.87. The van der Waals surface area contributed by atoms with Crippen molar-refractivity contribution in [3.05, 3.63) is 12.2 Å². The maximum absolute atomic E-state index is 13.3. The molecule has 0 saturated heterocycles. The number of hydrogen-bond donors (Lipinski definition) is 3. The lowest BCUT2D eigenvalue weighted by Crippen LogP contribution is -2.55. The van der Waals surface area contributed by atoms with Gasteiger partial charge in [0.1, 0.15) is 24.7 Å². The SMILES string of the molecule is C/C=C/C[C@@H](C)[C@@H](OC(=O)CN(C)C(=O)C(COP(=O)(O)O)NC(=O)OC(C)OC(C)=O)[C@@H](C(=O)C(C)C)N(C)C(C)C. The highest BCUT2D eigenvalue weighted by atomic mass is 31.2. The Kier molecular flexibility index (Phi) is 17.5. The molecule has 0 aromatic heterocycles. The molecule has 0 spiro atoms. The van der Waals surface area contributed by atoms with Crippen LogP contribution in [0.25, 0.3) is 0 Å².